The summed E-state index contributed by atoms with van der Waals surface area (Å²) in [5, 5.41) is 0.259. The molecule has 21 heavy (non-hydrogen) atoms. The normalized spacial score (nSPS) is 9.90. The van der Waals surface area contributed by atoms with E-state index in [1.54, 1.807) is 6.07 Å². The summed E-state index contributed by atoms with van der Waals surface area (Å²) in [6.07, 6.45) is 0. The summed E-state index contributed by atoms with van der Waals surface area (Å²) in [7, 11) is 0. The van der Waals surface area contributed by atoms with Crippen LogP contribution < -0.4 is 10.5 Å². The summed E-state index contributed by atoms with van der Waals surface area (Å²) >= 11 is 5.90. The second-order valence-electron chi connectivity index (χ2n) is 4.21. The van der Waals surface area contributed by atoms with Gasteiger partial charge in [-0.2, -0.15) is 0 Å². The maximum absolute atomic E-state index is 13.5. The lowest BCUT2D eigenvalue weighted by Gasteiger charge is -2.08. The third-order valence-corrected chi connectivity index (χ3v) is 2.97. The molecule has 0 saturated heterocycles. The molecule has 2 aromatic rings. The third-order valence-electron chi connectivity index (χ3n) is 2.62. The Hall–Kier alpha value is -2.09. The second kappa shape index (κ2) is 7.07. The molecule has 2 nitrogen and oxygen atoms in total. The van der Waals surface area contributed by atoms with Crippen LogP contribution in [-0.2, 0) is 6.61 Å². The molecule has 2 aromatic carbocycles. The summed E-state index contributed by atoms with van der Waals surface area (Å²) in [5.41, 5.74) is 6.35. The van der Waals surface area contributed by atoms with Crippen molar-refractivity contribution in [2.45, 2.75) is 6.61 Å². The fourth-order valence-electron chi connectivity index (χ4n) is 1.67. The van der Waals surface area contributed by atoms with Gasteiger partial charge in [-0.25, -0.2) is 8.78 Å². The molecule has 0 saturated carbocycles. The molecule has 108 valence electrons. The van der Waals surface area contributed by atoms with E-state index in [0.29, 0.717) is 16.9 Å². The fourth-order valence-corrected chi connectivity index (χ4v) is 1.89. The van der Waals surface area contributed by atoms with E-state index >= 15 is 0 Å². The van der Waals surface area contributed by atoms with Gasteiger partial charge >= 0.3 is 0 Å². The number of nitrogens with two attached hydrogens (primary N) is 1. The summed E-state index contributed by atoms with van der Waals surface area (Å²) in [5.74, 6) is 4.81. The Morgan fingerprint density at radius 1 is 1.10 bits per heavy atom. The van der Waals surface area contributed by atoms with E-state index in [2.05, 4.69) is 11.8 Å². The zero-order valence-corrected chi connectivity index (χ0v) is 11.8. The van der Waals surface area contributed by atoms with E-state index in [1.165, 1.54) is 30.3 Å². The SMILES string of the molecule is NCC#Cc1cc(F)cc(OCc2ccc(F)cc2Cl)c1. The van der Waals surface area contributed by atoms with E-state index in [9.17, 15) is 8.78 Å². The second-order valence-corrected chi connectivity index (χ2v) is 4.61. The Balaban J connectivity index is 2.14. The standard InChI is InChI=1S/C16H12ClF2NO/c17-16-9-13(18)4-3-12(16)10-21-15-7-11(2-1-5-20)6-14(19)8-15/h3-4,6-9H,5,10,20H2. The Morgan fingerprint density at radius 2 is 1.90 bits per heavy atom. The lowest BCUT2D eigenvalue weighted by molar-refractivity contribution is 0.304. The molecule has 0 unspecified atom stereocenters. The van der Waals surface area contributed by atoms with Gasteiger partial charge in [0, 0.05) is 17.2 Å². The highest BCUT2D eigenvalue weighted by Crippen LogP contribution is 2.21. The minimum atomic E-state index is -0.459. The van der Waals surface area contributed by atoms with E-state index in [-0.39, 0.29) is 18.2 Å². The zero-order chi connectivity index (χ0) is 15.2. The van der Waals surface area contributed by atoms with Crippen LogP contribution in [0.15, 0.2) is 36.4 Å². The number of hydrogen-bond acceptors (Lipinski definition) is 2. The van der Waals surface area contributed by atoms with Crippen LogP contribution >= 0.6 is 11.6 Å². The van der Waals surface area contributed by atoms with Gasteiger partial charge in [-0.3, -0.25) is 0 Å². The molecular weight excluding hydrogens is 296 g/mol. The minimum absolute atomic E-state index is 0.103. The molecular formula is C16H12ClF2NO. The van der Waals surface area contributed by atoms with Crippen molar-refractivity contribution >= 4 is 11.6 Å². The van der Waals surface area contributed by atoms with Crippen molar-refractivity contribution in [2.75, 3.05) is 6.54 Å². The first-order valence-corrected chi connectivity index (χ1v) is 6.52. The van der Waals surface area contributed by atoms with E-state index in [1.807, 2.05) is 0 Å². The van der Waals surface area contributed by atoms with Crippen LogP contribution in [0.2, 0.25) is 5.02 Å². The Kier molecular flexibility index (Phi) is 5.15. The van der Waals surface area contributed by atoms with Gasteiger partial charge in [0.25, 0.3) is 0 Å². The topological polar surface area (TPSA) is 35.2 Å². The highest BCUT2D eigenvalue weighted by atomic mass is 35.5. The number of rotatable bonds is 3. The molecule has 5 heteroatoms. The lowest BCUT2D eigenvalue weighted by Crippen LogP contribution is -1.98. The average molecular weight is 308 g/mol. The van der Waals surface area contributed by atoms with Crippen LogP contribution in [0.25, 0.3) is 0 Å². The smallest absolute Gasteiger partial charge is 0.128 e. The Morgan fingerprint density at radius 3 is 2.62 bits per heavy atom. The van der Waals surface area contributed by atoms with Gasteiger partial charge in [0.2, 0.25) is 0 Å². The molecule has 2 N–H and O–H groups in total. The van der Waals surface area contributed by atoms with Crippen molar-refractivity contribution in [1.82, 2.24) is 0 Å². The minimum Gasteiger partial charge on any atom is -0.489 e. The monoisotopic (exact) mass is 307 g/mol. The Labute approximate surface area is 126 Å². The molecule has 2 rings (SSSR count). The molecule has 0 bridgehead atoms. The molecule has 0 aliphatic heterocycles. The van der Waals surface area contributed by atoms with Crippen molar-refractivity contribution in [1.29, 1.82) is 0 Å². The number of hydrogen-bond donors (Lipinski definition) is 1. The van der Waals surface area contributed by atoms with E-state index in [4.69, 9.17) is 22.1 Å². The molecule has 0 aliphatic carbocycles. The fraction of sp³-hybridized carbons (Fsp3) is 0.125. The predicted molar refractivity (Wildman–Crippen MR) is 78.1 cm³/mol. The van der Waals surface area contributed by atoms with Crippen molar-refractivity contribution < 1.29 is 13.5 Å². The molecule has 0 spiro atoms. The molecule has 0 amide bonds. The molecule has 0 aliphatic rings. The summed E-state index contributed by atoms with van der Waals surface area (Å²) in [4.78, 5) is 0. The average Bonchev–Trinajstić information content (AvgIpc) is 2.43. The van der Waals surface area contributed by atoms with Crippen LogP contribution in [0.3, 0.4) is 0 Å². The maximum Gasteiger partial charge on any atom is 0.128 e. The molecule has 0 fully saturated rings. The highest BCUT2D eigenvalue weighted by Gasteiger charge is 2.05. The third kappa shape index (κ3) is 4.45. The molecule has 0 aromatic heterocycles. The first kappa shape index (κ1) is 15.3. The van der Waals surface area contributed by atoms with Gasteiger partial charge in [0.05, 0.1) is 11.6 Å². The van der Waals surface area contributed by atoms with Crippen molar-refractivity contribution in [3.8, 4) is 17.6 Å². The largest absolute Gasteiger partial charge is 0.489 e. The number of halogens is 3. The van der Waals surface area contributed by atoms with Gasteiger partial charge in [0.15, 0.2) is 0 Å². The Bertz CT molecular complexity index is 707. The molecule has 0 radical (unpaired) electrons. The number of benzene rings is 2. The molecule has 0 heterocycles. The zero-order valence-electron chi connectivity index (χ0n) is 11.0. The summed E-state index contributed by atoms with van der Waals surface area (Å²) in [6, 6.07) is 8.14. The highest BCUT2D eigenvalue weighted by molar-refractivity contribution is 6.31. The number of ether oxygens (including phenoxy) is 1. The van der Waals surface area contributed by atoms with Crippen LogP contribution in [0.5, 0.6) is 5.75 Å². The maximum atomic E-state index is 13.5. The van der Waals surface area contributed by atoms with Crippen LogP contribution in [0.1, 0.15) is 11.1 Å². The van der Waals surface area contributed by atoms with Crippen LogP contribution in [0, 0.1) is 23.5 Å². The molecule has 0 atom stereocenters. The van der Waals surface area contributed by atoms with Crippen LogP contribution in [-0.4, -0.2) is 6.54 Å². The van der Waals surface area contributed by atoms with Crippen molar-refractivity contribution in [3.05, 3.63) is 64.2 Å². The van der Waals surface area contributed by atoms with Gasteiger partial charge in [-0.1, -0.05) is 29.5 Å². The first-order chi connectivity index (χ1) is 10.1. The lowest BCUT2D eigenvalue weighted by atomic mass is 10.2. The van der Waals surface area contributed by atoms with Gasteiger partial charge in [0.1, 0.15) is 24.0 Å². The van der Waals surface area contributed by atoms with Gasteiger partial charge in [-0.15, -0.1) is 0 Å². The van der Waals surface area contributed by atoms with Crippen molar-refractivity contribution in [3.63, 3.8) is 0 Å². The first-order valence-electron chi connectivity index (χ1n) is 6.15. The summed E-state index contributed by atoms with van der Waals surface area (Å²) < 4.78 is 31.9. The summed E-state index contributed by atoms with van der Waals surface area (Å²) in [6.45, 7) is 0.296. The van der Waals surface area contributed by atoms with Crippen LogP contribution in [0.4, 0.5) is 8.78 Å². The van der Waals surface area contributed by atoms with Gasteiger partial charge in [-0.05, 0) is 24.3 Å². The van der Waals surface area contributed by atoms with E-state index in [0.717, 1.165) is 0 Å². The van der Waals surface area contributed by atoms with Gasteiger partial charge < -0.3 is 10.5 Å². The quantitative estimate of drug-likeness (QED) is 0.881. The van der Waals surface area contributed by atoms with E-state index < -0.39 is 11.6 Å². The predicted octanol–water partition coefficient (Wildman–Crippen LogP) is 3.51. The van der Waals surface area contributed by atoms with Crippen molar-refractivity contribution in [2.24, 2.45) is 5.73 Å².